The highest BCUT2D eigenvalue weighted by Gasteiger charge is 2.45. The van der Waals surface area contributed by atoms with Crippen LogP contribution in [0.2, 0.25) is 0 Å². The minimum atomic E-state index is -0.178. The van der Waals surface area contributed by atoms with E-state index in [4.69, 9.17) is 0 Å². The number of Topliss-reactive ketones (excluding diaryl/α,β-unsaturated/α-hetero) is 4. The Balaban J connectivity index is 0.000000338. The smallest absolute Gasteiger partial charge is 0.168 e. The molecule has 133 heavy (non-hydrogen) atoms. The number of rotatable bonds is 8. The standard InChI is InChI=1S/C24H22N2O.C23H14N2O.2C22H18N2O.C5H12.C3H8.9C2H6.4B/c1-15-12-22(27)24(19-14-26(3)21-11-7-5-9-17(19)21)23(15)18-13-25(2)20-10-6-4-8-16(18)20;1-12-10-17(26)21-18(12)19-13-6-2-4-8-15(13)24-11-25-16-9-5-3-7-14(16)20(21)23(25)22(19)24;2*1-13-10-20(25)22(17-12-24-19-9-5-3-7-15(17)19)21(13)16-11-23-18-8-4-2-6-14(16)18;1-3-5-4-2;1-3-2;9*1-2;;;;/h4-11,13-14,23-24H,1,12H2,2-3H3;2-9H,1,10-11H2;2*2-9,11-12,21-24H,1,10H2;3-5H2,1-2H3;3H2,1-2H3;9*1-2H3;;;;. The third-order valence-corrected chi connectivity index (χ3v) is 23.8. The van der Waals surface area contributed by atoms with Gasteiger partial charge in [0.1, 0.15) is 24.0 Å². The van der Waals surface area contributed by atoms with Gasteiger partial charge >= 0.3 is 0 Å². The molecule has 0 amide bonds. The van der Waals surface area contributed by atoms with Crippen molar-refractivity contribution in [2.24, 2.45) is 14.1 Å². The molecule has 3 fully saturated rings. The van der Waals surface area contributed by atoms with E-state index in [1.165, 1.54) is 108 Å². The molecule has 17 aromatic rings. The van der Waals surface area contributed by atoms with Crippen LogP contribution in [0.4, 0.5) is 0 Å². The molecule has 4 N–H and O–H groups in total. The summed E-state index contributed by atoms with van der Waals surface area (Å²) in [4.78, 5) is 65.2. The highest BCUT2D eigenvalue weighted by molar-refractivity contribution is 6.35. The number of nitrogens with zero attached hydrogens (tertiary/aromatic N) is 4. The number of unbranched alkanes of at least 4 members (excludes halogenated alkanes) is 2. The highest BCUT2D eigenvalue weighted by Crippen LogP contribution is 2.55. The van der Waals surface area contributed by atoms with Crippen molar-refractivity contribution in [3.8, 4) is 0 Å². The second-order valence-electron chi connectivity index (χ2n) is 30.8. The van der Waals surface area contributed by atoms with E-state index in [1.54, 1.807) is 0 Å². The van der Waals surface area contributed by atoms with E-state index >= 15 is 0 Å². The predicted molar refractivity (Wildman–Crippen MR) is 584 cm³/mol. The number of carbonyl (C=O) groups excluding carboxylic acids is 4. The van der Waals surface area contributed by atoms with E-state index in [0.717, 1.165) is 101 Å². The summed E-state index contributed by atoms with van der Waals surface area (Å²) < 4.78 is 9.05. The van der Waals surface area contributed by atoms with Crippen LogP contribution in [0.1, 0.15) is 288 Å². The van der Waals surface area contributed by atoms with Crippen molar-refractivity contribution in [3.05, 3.63) is 319 Å². The van der Waals surface area contributed by atoms with Crippen molar-refractivity contribution in [2.75, 3.05) is 0 Å². The van der Waals surface area contributed by atoms with Gasteiger partial charge in [0, 0.05) is 221 Å². The molecule has 690 valence electrons. The molecular weight excluding hydrogens is 1620 g/mol. The number of ketones is 4. The van der Waals surface area contributed by atoms with Crippen LogP contribution >= 0.6 is 0 Å². The number of nitrogens with one attached hydrogen (secondary N) is 4. The van der Waals surface area contributed by atoms with E-state index in [-0.39, 0.29) is 92.3 Å². The van der Waals surface area contributed by atoms with Gasteiger partial charge in [-0.3, -0.25) is 19.2 Å². The maximum atomic E-state index is 13.1. The van der Waals surface area contributed by atoms with Crippen molar-refractivity contribution in [3.63, 3.8) is 0 Å². The number of hydrogen-bond donors (Lipinski definition) is 4. The highest BCUT2D eigenvalue weighted by atomic mass is 16.1. The van der Waals surface area contributed by atoms with Crippen molar-refractivity contribution in [1.82, 2.24) is 38.2 Å². The van der Waals surface area contributed by atoms with Gasteiger partial charge in [0.25, 0.3) is 0 Å². The molecular formula is C117H146B4N8O4. The number of H-pyrrole nitrogens is 4. The van der Waals surface area contributed by atoms with Crippen LogP contribution in [0.5, 0.6) is 0 Å². The van der Waals surface area contributed by atoms with Gasteiger partial charge in [-0.1, -0.05) is 367 Å². The first-order chi connectivity index (χ1) is 63.1. The summed E-state index contributed by atoms with van der Waals surface area (Å²) in [6.07, 6.45) is 19.5. The molecule has 12 nitrogen and oxygen atoms in total. The Hall–Kier alpha value is -12.3. The number of aromatic amines is 4. The molecule has 8 aromatic heterocycles. The summed E-state index contributed by atoms with van der Waals surface area (Å²) in [7, 11) is 4.12. The molecule has 3 saturated carbocycles. The number of aromatic nitrogens is 8. The number of para-hydroxylation sites is 8. The van der Waals surface area contributed by atoms with Gasteiger partial charge in [0.15, 0.2) is 5.78 Å². The zero-order chi connectivity index (χ0) is 94.6. The minimum absolute atomic E-state index is 0. The molecule has 5 aliphatic rings. The first-order valence-corrected chi connectivity index (χ1v) is 48.2. The van der Waals surface area contributed by atoms with Crippen LogP contribution in [0, 0.1) is 0 Å². The molecule has 4 aliphatic carbocycles. The second kappa shape index (κ2) is 54.0. The molecule has 12 radical (unpaired) electrons. The van der Waals surface area contributed by atoms with Gasteiger partial charge in [-0.2, -0.15) is 0 Å². The Kier molecular flexibility index (Phi) is 45.9. The second-order valence-corrected chi connectivity index (χ2v) is 30.8. The number of fused-ring (bicyclic) bond motifs is 15. The molecule has 0 spiro atoms. The summed E-state index contributed by atoms with van der Waals surface area (Å²) in [5.41, 5.74) is 24.4. The van der Waals surface area contributed by atoms with Crippen LogP contribution in [-0.2, 0) is 35.1 Å². The minimum Gasteiger partial charge on any atom is -0.361 e. The van der Waals surface area contributed by atoms with Crippen LogP contribution in [0.25, 0.3) is 115 Å². The average molecular weight is 1770 g/mol. The Morgan fingerprint density at radius 1 is 0.301 bits per heavy atom. The van der Waals surface area contributed by atoms with E-state index in [0.29, 0.717) is 25.7 Å². The zero-order valence-electron chi connectivity index (χ0n) is 84.3. The van der Waals surface area contributed by atoms with Gasteiger partial charge in [-0.25, -0.2) is 0 Å². The maximum Gasteiger partial charge on any atom is 0.168 e. The van der Waals surface area contributed by atoms with Crippen LogP contribution in [0.15, 0.2) is 274 Å². The summed E-state index contributed by atoms with van der Waals surface area (Å²) in [5, 5.41) is 11.7. The Bertz CT molecular complexity index is 6110. The monoisotopic (exact) mass is 1770 g/mol. The van der Waals surface area contributed by atoms with Crippen molar-refractivity contribution in [1.29, 1.82) is 0 Å². The largest absolute Gasteiger partial charge is 0.361 e. The maximum absolute atomic E-state index is 13.1. The molecule has 0 bridgehead atoms. The number of benzene rings is 9. The number of allylic oxidation sites excluding steroid dienone is 4. The predicted octanol–water partition coefficient (Wildman–Crippen LogP) is 31.8. The SMILES string of the molecule is C=C1CC(=O)C(c2c[nH]c3ccccc23)C1c1c[nH]c2ccccc12.C=C1CC(=O)C(c2c[nH]c3ccccc23)C1c1c[nH]c2ccccc12.C=C1CC(=O)C(c2cn(C)c3ccccc23)C1c1cn(C)c2ccccc12.C=C1CC(=O)c2c1c1c3ccccc3n3c1c1c2c2ccccc2n1C3.CC.CC.CC.CC.CC.CC.CC.CC.CC.CCC.CCCCC.[B].[B].[B].[B]. The number of hydrogen-bond acceptors (Lipinski definition) is 4. The van der Waals surface area contributed by atoms with E-state index < -0.39 is 0 Å². The van der Waals surface area contributed by atoms with Crippen molar-refractivity contribution >= 4 is 171 Å². The third kappa shape index (κ3) is 22.1. The fourth-order valence-electron chi connectivity index (χ4n) is 19.1. The molecule has 6 atom stereocenters. The molecule has 0 saturated heterocycles. The van der Waals surface area contributed by atoms with Crippen LogP contribution in [-0.4, -0.2) is 95.0 Å². The topological polar surface area (TPSA) is 151 Å². The Morgan fingerprint density at radius 3 is 0.842 bits per heavy atom. The Morgan fingerprint density at radius 2 is 0.541 bits per heavy atom. The lowest BCUT2D eigenvalue weighted by atomic mass is 9.82. The number of aryl methyl sites for hydroxylation is 2. The lowest BCUT2D eigenvalue weighted by Gasteiger charge is -2.19. The Labute approximate surface area is 802 Å². The van der Waals surface area contributed by atoms with E-state index in [1.807, 2.05) is 229 Å². The fourth-order valence-corrected chi connectivity index (χ4v) is 19.1. The van der Waals surface area contributed by atoms with Crippen molar-refractivity contribution < 1.29 is 19.2 Å². The lowest BCUT2D eigenvalue weighted by molar-refractivity contribution is -0.119. The molecule has 1 aliphatic heterocycles. The van der Waals surface area contributed by atoms with Gasteiger partial charge in [0.2, 0.25) is 0 Å². The summed E-state index contributed by atoms with van der Waals surface area (Å²) in [6.45, 7) is 62.5. The molecule has 16 heteroatoms. The molecule has 9 heterocycles. The van der Waals surface area contributed by atoms with E-state index in [2.05, 4.69) is 233 Å². The molecule has 6 unspecified atom stereocenters. The van der Waals surface area contributed by atoms with Gasteiger partial charge in [-0.05, 0) is 93.0 Å². The van der Waals surface area contributed by atoms with Crippen molar-refractivity contribution in [2.45, 2.75) is 246 Å². The first-order valence-electron chi connectivity index (χ1n) is 48.2. The number of carbonyl (C=O) groups is 4. The lowest BCUT2D eigenvalue weighted by Crippen LogP contribution is -2.11. The normalized spacial score (nSPS) is 15.8. The summed E-state index contributed by atoms with van der Waals surface area (Å²) in [6, 6.07) is 66.5. The van der Waals surface area contributed by atoms with Crippen LogP contribution in [0.3, 0.4) is 0 Å². The summed E-state index contributed by atoms with van der Waals surface area (Å²) >= 11 is 0. The molecule has 22 rings (SSSR count). The van der Waals surface area contributed by atoms with Gasteiger partial charge in [0.05, 0.1) is 39.8 Å². The fraction of sp³-hybridized carbons (Fsp3) is 0.333. The summed E-state index contributed by atoms with van der Waals surface area (Å²) in [5.74, 6) is 0.517. The third-order valence-electron chi connectivity index (χ3n) is 23.8. The quantitative estimate of drug-likeness (QED) is 0.0884. The van der Waals surface area contributed by atoms with E-state index in [9.17, 15) is 19.2 Å². The zero-order valence-corrected chi connectivity index (χ0v) is 84.3. The van der Waals surface area contributed by atoms with Gasteiger partial charge < -0.3 is 38.2 Å². The van der Waals surface area contributed by atoms with Crippen LogP contribution < -0.4 is 0 Å². The molecule has 9 aromatic carbocycles. The first kappa shape index (κ1) is 113. The van der Waals surface area contributed by atoms with Gasteiger partial charge in [-0.15, -0.1) is 0 Å². The average Bonchev–Trinajstić information content (AvgIpc) is 1.50.